The molecule has 0 bridgehead atoms. The molecule has 1 fully saturated rings. The molecule has 0 aliphatic carbocycles. The summed E-state index contributed by atoms with van der Waals surface area (Å²) in [6.07, 6.45) is 0. The van der Waals surface area contributed by atoms with Crippen LogP contribution in [0.25, 0.3) is 0 Å². The summed E-state index contributed by atoms with van der Waals surface area (Å²) in [5.74, 6) is 0.196. The Morgan fingerprint density at radius 2 is 1.50 bits per heavy atom. The normalized spacial score (nSPS) is 14.0. The van der Waals surface area contributed by atoms with E-state index >= 15 is 0 Å². The fraction of sp³-hybridized carbons (Fsp3) is 0.250. The third kappa shape index (κ3) is 6.22. The first-order valence-corrected chi connectivity index (χ1v) is 14.0. The predicted octanol–water partition coefficient (Wildman–Crippen LogP) is 3.44. The van der Waals surface area contributed by atoms with Crippen LogP contribution in [-0.4, -0.2) is 50.1 Å². The van der Waals surface area contributed by atoms with E-state index in [2.05, 4.69) is 19.7 Å². The molecule has 0 amide bonds. The number of hydrogen-bond donors (Lipinski definition) is 3. The Kier molecular flexibility index (Phi) is 8.72. The van der Waals surface area contributed by atoms with Gasteiger partial charge in [-0.25, -0.2) is 16.8 Å². The van der Waals surface area contributed by atoms with Gasteiger partial charge in [-0.05, 0) is 55.0 Å². The number of rotatable bonds is 8. The molecular weight excluding hydrogens is 524 g/mol. The van der Waals surface area contributed by atoms with Crippen molar-refractivity contribution in [3.63, 3.8) is 0 Å². The van der Waals surface area contributed by atoms with Crippen molar-refractivity contribution in [1.29, 1.82) is 0 Å². The van der Waals surface area contributed by atoms with Gasteiger partial charge < -0.3 is 15.0 Å². The van der Waals surface area contributed by atoms with Crippen molar-refractivity contribution in [1.82, 2.24) is 5.32 Å². The van der Waals surface area contributed by atoms with Crippen LogP contribution in [0.1, 0.15) is 5.56 Å². The molecule has 3 N–H and O–H groups in total. The second-order valence-corrected chi connectivity index (χ2v) is 11.5. The molecule has 0 aromatic heterocycles. The second-order valence-electron chi connectivity index (χ2n) is 8.15. The second kappa shape index (κ2) is 11.4. The van der Waals surface area contributed by atoms with Gasteiger partial charge in [-0.1, -0.05) is 24.3 Å². The van der Waals surface area contributed by atoms with Crippen LogP contribution in [0.15, 0.2) is 76.5 Å². The zero-order valence-corrected chi connectivity index (χ0v) is 22.3. The Balaban J connectivity index is 0.00000361. The van der Waals surface area contributed by atoms with Crippen LogP contribution in [-0.2, 0) is 20.0 Å². The predicted molar refractivity (Wildman–Crippen MR) is 145 cm³/mol. The Bertz CT molecular complexity index is 1410. The average molecular weight is 553 g/mol. The van der Waals surface area contributed by atoms with Crippen molar-refractivity contribution in [2.24, 2.45) is 0 Å². The van der Waals surface area contributed by atoms with Crippen molar-refractivity contribution >= 4 is 49.5 Å². The van der Waals surface area contributed by atoms with E-state index in [0.717, 1.165) is 37.4 Å². The fourth-order valence-electron chi connectivity index (χ4n) is 3.83. The van der Waals surface area contributed by atoms with Gasteiger partial charge in [0.2, 0.25) is 0 Å². The SMILES string of the molecule is COc1cc(C)ccc1S(=O)(=O)Nc1ccc(N2CCNCC2)cc1NS(=O)(=O)c1ccccc1.Cl. The Hall–Kier alpha value is -2.99. The molecule has 194 valence electrons. The van der Waals surface area contributed by atoms with Gasteiger partial charge in [-0.2, -0.15) is 0 Å². The molecule has 3 aromatic rings. The van der Waals surface area contributed by atoms with E-state index in [4.69, 9.17) is 4.74 Å². The molecule has 1 heterocycles. The summed E-state index contributed by atoms with van der Waals surface area (Å²) in [5.41, 5.74) is 1.86. The first kappa shape index (κ1) is 27.6. The third-order valence-corrected chi connectivity index (χ3v) is 8.42. The minimum absolute atomic E-state index is 0. The van der Waals surface area contributed by atoms with E-state index in [1.807, 2.05) is 6.92 Å². The lowest BCUT2D eigenvalue weighted by molar-refractivity contribution is 0.402. The first-order chi connectivity index (χ1) is 16.7. The van der Waals surface area contributed by atoms with Crippen molar-refractivity contribution < 1.29 is 21.6 Å². The summed E-state index contributed by atoms with van der Waals surface area (Å²) < 4.78 is 63.1. The van der Waals surface area contributed by atoms with Gasteiger partial charge in [0.15, 0.2) is 0 Å². The zero-order chi connectivity index (χ0) is 25.1. The minimum Gasteiger partial charge on any atom is -0.495 e. The number of aryl methyl sites for hydroxylation is 1. The molecule has 0 radical (unpaired) electrons. The van der Waals surface area contributed by atoms with Gasteiger partial charge in [0.25, 0.3) is 20.0 Å². The van der Waals surface area contributed by atoms with Gasteiger partial charge in [0.1, 0.15) is 10.6 Å². The zero-order valence-electron chi connectivity index (χ0n) is 19.9. The highest BCUT2D eigenvalue weighted by Gasteiger charge is 2.24. The van der Waals surface area contributed by atoms with Crippen LogP contribution in [0.4, 0.5) is 17.1 Å². The minimum atomic E-state index is -4.09. The average Bonchev–Trinajstić information content (AvgIpc) is 2.85. The van der Waals surface area contributed by atoms with E-state index in [9.17, 15) is 16.8 Å². The number of ether oxygens (including phenoxy) is 1. The lowest BCUT2D eigenvalue weighted by Crippen LogP contribution is -2.43. The van der Waals surface area contributed by atoms with Crippen LogP contribution >= 0.6 is 12.4 Å². The summed E-state index contributed by atoms with van der Waals surface area (Å²) in [7, 11) is -6.65. The highest BCUT2D eigenvalue weighted by molar-refractivity contribution is 7.93. The van der Waals surface area contributed by atoms with Crippen LogP contribution in [0.3, 0.4) is 0 Å². The Morgan fingerprint density at radius 3 is 2.17 bits per heavy atom. The van der Waals surface area contributed by atoms with Gasteiger partial charge in [-0.15, -0.1) is 12.4 Å². The van der Waals surface area contributed by atoms with Gasteiger partial charge >= 0.3 is 0 Å². The maximum Gasteiger partial charge on any atom is 0.265 e. The van der Waals surface area contributed by atoms with E-state index in [-0.39, 0.29) is 39.3 Å². The number of nitrogens with one attached hydrogen (secondary N) is 3. The number of halogens is 1. The summed E-state index contributed by atoms with van der Waals surface area (Å²) in [5, 5.41) is 3.28. The van der Waals surface area contributed by atoms with Gasteiger partial charge in [0, 0.05) is 31.9 Å². The molecular formula is C24H29ClN4O5S2. The maximum atomic E-state index is 13.3. The molecule has 3 aromatic carbocycles. The standard InChI is InChI=1S/C24H28N4O5S2.ClH/c1-18-8-11-24(23(16-18)33-2)35(31,32)26-21-10-9-19(28-14-12-25-13-15-28)17-22(21)27-34(29,30)20-6-4-3-5-7-20;/h3-11,16-17,25-27H,12-15H2,1-2H3;1H. The quantitative estimate of drug-likeness (QED) is 0.392. The molecule has 0 atom stereocenters. The van der Waals surface area contributed by atoms with Crippen molar-refractivity contribution in [3.8, 4) is 5.75 Å². The number of anilines is 3. The number of nitrogens with zero attached hydrogens (tertiary/aromatic N) is 1. The van der Waals surface area contributed by atoms with Gasteiger partial charge in [-0.3, -0.25) is 9.44 Å². The molecule has 12 heteroatoms. The largest absolute Gasteiger partial charge is 0.495 e. The van der Waals surface area contributed by atoms with Gasteiger partial charge in [0.05, 0.1) is 23.4 Å². The van der Waals surface area contributed by atoms with Crippen molar-refractivity contribution in [2.75, 3.05) is 47.6 Å². The van der Waals surface area contributed by atoms with Crippen molar-refractivity contribution in [2.45, 2.75) is 16.7 Å². The molecule has 1 aliphatic rings. The molecule has 1 saturated heterocycles. The number of piperazine rings is 1. The van der Waals surface area contributed by atoms with E-state index in [1.165, 1.54) is 25.3 Å². The number of methoxy groups -OCH3 is 1. The highest BCUT2D eigenvalue weighted by atomic mass is 35.5. The van der Waals surface area contributed by atoms with E-state index in [1.54, 1.807) is 48.5 Å². The number of benzene rings is 3. The van der Waals surface area contributed by atoms with Crippen LogP contribution in [0.2, 0.25) is 0 Å². The van der Waals surface area contributed by atoms with Crippen LogP contribution in [0, 0.1) is 6.92 Å². The van der Waals surface area contributed by atoms with Crippen molar-refractivity contribution in [3.05, 3.63) is 72.3 Å². The number of sulfonamides is 2. The molecule has 9 nitrogen and oxygen atoms in total. The summed E-state index contributed by atoms with van der Waals surface area (Å²) >= 11 is 0. The Labute approximate surface area is 218 Å². The molecule has 0 spiro atoms. The molecule has 0 unspecified atom stereocenters. The third-order valence-electron chi connectivity index (χ3n) is 5.64. The fourth-order valence-corrected chi connectivity index (χ4v) is 6.15. The lowest BCUT2D eigenvalue weighted by atomic mass is 10.2. The Morgan fingerprint density at radius 1 is 0.833 bits per heavy atom. The molecule has 36 heavy (non-hydrogen) atoms. The molecule has 1 aliphatic heterocycles. The van der Waals surface area contributed by atoms with E-state index < -0.39 is 20.0 Å². The highest BCUT2D eigenvalue weighted by Crippen LogP contribution is 2.33. The summed E-state index contributed by atoms with van der Waals surface area (Å²) in [4.78, 5) is 2.13. The maximum absolute atomic E-state index is 13.3. The first-order valence-electron chi connectivity index (χ1n) is 11.0. The van der Waals surface area contributed by atoms with Crippen LogP contribution in [0.5, 0.6) is 5.75 Å². The summed E-state index contributed by atoms with van der Waals surface area (Å²) in [6, 6.07) is 17.7. The van der Waals surface area contributed by atoms with E-state index in [0.29, 0.717) is 0 Å². The monoisotopic (exact) mass is 552 g/mol. The number of hydrogen-bond acceptors (Lipinski definition) is 7. The topological polar surface area (TPSA) is 117 Å². The van der Waals surface area contributed by atoms with Crippen LogP contribution < -0.4 is 24.4 Å². The smallest absolute Gasteiger partial charge is 0.265 e. The summed E-state index contributed by atoms with van der Waals surface area (Å²) in [6.45, 7) is 4.92. The molecule has 0 saturated carbocycles. The molecule has 4 rings (SSSR count). The lowest BCUT2D eigenvalue weighted by Gasteiger charge is -2.30.